The van der Waals surface area contributed by atoms with Gasteiger partial charge < -0.3 is 28.5 Å². The molecule has 0 radical (unpaired) electrons. The number of nitrogens with zero attached hydrogens (tertiary/aromatic N) is 1. The fraction of sp³-hybridized carbons (Fsp3) is 0.851. The van der Waals surface area contributed by atoms with Gasteiger partial charge in [-0.3, -0.25) is 14.2 Å². The Kier molecular flexibility index (Phi) is 55.7. The number of amides is 1. The molecule has 9 nitrogen and oxygen atoms in total. The molecule has 452 valence electrons. The first-order valence-electron chi connectivity index (χ1n) is 32.9. The van der Waals surface area contributed by atoms with Crippen molar-refractivity contribution in [3.63, 3.8) is 0 Å². The monoisotopic (exact) mass is 1100 g/mol. The predicted octanol–water partition coefficient (Wildman–Crippen LogP) is 19.8. The van der Waals surface area contributed by atoms with Crippen molar-refractivity contribution in [2.24, 2.45) is 0 Å². The van der Waals surface area contributed by atoms with Crippen molar-refractivity contribution in [2.75, 3.05) is 40.9 Å². The Hall–Kier alpha value is -2.03. The molecule has 1 N–H and O–H groups in total. The Morgan fingerprint density at radius 2 is 0.792 bits per heavy atom. The highest BCUT2D eigenvalue weighted by atomic mass is 31.2. The van der Waals surface area contributed by atoms with Crippen LogP contribution in [0.25, 0.3) is 0 Å². The van der Waals surface area contributed by atoms with Gasteiger partial charge in [-0.15, -0.1) is 0 Å². The summed E-state index contributed by atoms with van der Waals surface area (Å²) in [6.07, 6.45) is 70.8. The summed E-state index contributed by atoms with van der Waals surface area (Å²) < 4.78 is 30.4. The molecule has 10 heteroatoms. The molecule has 0 aromatic heterocycles. The molecule has 0 saturated carbocycles. The van der Waals surface area contributed by atoms with Crippen LogP contribution in [0.4, 0.5) is 0 Å². The third-order valence-electron chi connectivity index (χ3n) is 14.8. The van der Waals surface area contributed by atoms with E-state index in [4.69, 9.17) is 13.8 Å². The molecule has 0 aromatic rings. The molecule has 3 unspecified atom stereocenters. The van der Waals surface area contributed by atoms with E-state index in [1.54, 1.807) is 0 Å². The van der Waals surface area contributed by atoms with E-state index in [1.807, 2.05) is 33.3 Å². The standard InChI is InChI=1S/C67H127N2O7P/c1-7-10-13-16-19-22-25-28-29-30-31-32-33-34-35-36-37-38-39-42-45-48-51-54-57-60-67(71)76-65(58-55-52-49-46-43-40-26-23-20-17-14-11-8-2)64(63-75-77(72,73)74-62-61-69(4,5)6)68-66(70)59-56-53-50-47-44-41-27-24-21-18-15-12-9-3/h19,22,28-29,31-32,55,58,64-65H,7-18,20-21,23-27,30,33-54,56-57,59-63H2,1-6H3,(H-,68,70,72,73)/b22-19-,29-28-,32-31-,58-55-. The van der Waals surface area contributed by atoms with Crippen LogP contribution in [0, 0.1) is 0 Å². The van der Waals surface area contributed by atoms with Gasteiger partial charge in [-0.05, 0) is 70.3 Å². The van der Waals surface area contributed by atoms with E-state index in [0.29, 0.717) is 17.4 Å². The topological polar surface area (TPSA) is 114 Å². The summed E-state index contributed by atoms with van der Waals surface area (Å²) in [5.74, 6) is -0.530. The van der Waals surface area contributed by atoms with Crippen molar-refractivity contribution in [3.05, 3.63) is 48.6 Å². The fourth-order valence-electron chi connectivity index (χ4n) is 9.65. The summed E-state index contributed by atoms with van der Waals surface area (Å²) in [4.78, 5) is 40.0. The Morgan fingerprint density at radius 1 is 0.455 bits per heavy atom. The van der Waals surface area contributed by atoms with Crippen LogP contribution in [0.1, 0.15) is 316 Å². The lowest BCUT2D eigenvalue weighted by Gasteiger charge is -2.30. The van der Waals surface area contributed by atoms with Gasteiger partial charge in [-0.1, -0.05) is 282 Å². The highest BCUT2D eigenvalue weighted by molar-refractivity contribution is 7.45. The molecule has 0 bridgehead atoms. The summed E-state index contributed by atoms with van der Waals surface area (Å²) in [6, 6.07) is -0.885. The van der Waals surface area contributed by atoms with Crippen molar-refractivity contribution in [3.8, 4) is 0 Å². The summed E-state index contributed by atoms with van der Waals surface area (Å²) in [7, 11) is 1.19. The average Bonchev–Trinajstić information content (AvgIpc) is 3.39. The maximum absolute atomic E-state index is 13.5. The van der Waals surface area contributed by atoms with Crippen molar-refractivity contribution in [1.82, 2.24) is 5.32 Å². The molecule has 0 aliphatic carbocycles. The van der Waals surface area contributed by atoms with Gasteiger partial charge in [0.1, 0.15) is 19.3 Å². The molecular weight excluding hydrogens is 976 g/mol. The van der Waals surface area contributed by atoms with Crippen LogP contribution in [0.3, 0.4) is 0 Å². The lowest BCUT2D eigenvalue weighted by atomic mass is 10.0. The SMILES string of the molecule is CCCCC/C=C\C/C=C\C/C=C\CCCCCCCCCCCCCCC(=O)OC(/C=C\CCCCCCCCCCCCC)C(COP(=O)([O-])OCC[N+](C)(C)C)NC(=O)CCCCCCCCCCCCCCC. The first kappa shape index (κ1) is 75.0. The summed E-state index contributed by atoms with van der Waals surface area (Å²) in [5, 5.41) is 3.03. The minimum Gasteiger partial charge on any atom is -0.756 e. The Morgan fingerprint density at radius 3 is 1.21 bits per heavy atom. The number of carbonyl (C=O) groups excluding carboxylic acids is 2. The van der Waals surface area contributed by atoms with Gasteiger partial charge >= 0.3 is 5.97 Å². The molecule has 0 aliphatic heterocycles. The maximum atomic E-state index is 13.5. The number of carbonyl (C=O) groups is 2. The largest absolute Gasteiger partial charge is 0.756 e. The Balaban J connectivity index is 5.10. The predicted molar refractivity (Wildman–Crippen MR) is 330 cm³/mol. The summed E-state index contributed by atoms with van der Waals surface area (Å²) in [5.41, 5.74) is 0. The highest BCUT2D eigenvalue weighted by Crippen LogP contribution is 2.38. The minimum atomic E-state index is -4.70. The number of ether oxygens (including phenoxy) is 1. The van der Waals surface area contributed by atoms with Crippen molar-refractivity contribution >= 4 is 19.7 Å². The van der Waals surface area contributed by atoms with Gasteiger partial charge in [0.2, 0.25) is 5.91 Å². The first-order chi connectivity index (χ1) is 37.4. The molecule has 3 atom stereocenters. The summed E-state index contributed by atoms with van der Waals surface area (Å²) in [6.45, 7) is 6.85. The van der Waals surface area contributed by atoms with E-state index >= 15 is 0 Å². The van der Waals surface area contributed by atoms with Crippen molar-refractivity contribution in [2.45, 2.75) is 328 Å². The Labute approximate surface area is 478 Å². The number of allylic oxidation sites excluding steroid dienone is 7. The van der Waals surface area contributed by atoms with E-state index in [1.165, 1.54) is 212 Å². The number of likely N-dealkylation sites (N-methyl/N-ethyl adjacent to an activating group) is 1. The van der Waals surface area contributed by atoms with E-state index in [-0.39, 0.29) is 31.5 Å². The second kappa shape index (κ2) is 57.2. The molecule has 0 fully saturated rings. The number of esters is 1. The molecule has 0 saturated heterocycles. The third kappa shape index (κ3) is 58.4. The molecule has 77 heavy (non-hydrogen) atoms. The number of phosphoric ester groups is 1. The number of unbranched alkanes of at least 4 members (excludes halogenated alkanes) is 38. The van der Waals surface area contributed by atoms with Crippen LogP contribution in [-0.4, -0.2) is 69.4 Å². The highest BCUT2D eigenvalue weighted by Gasteiger charge is 2.27. The molecular formula is C67H127N2O7P. The number of nitrogens with one attached hydrogen (secondary N) is 1. The molecule has 0 aliphatic rings. The average molecular weight is 1100 g/mol. The second-order valence-electron chi connectivity index (χ2n) is 23.6. The second-order valence-corrected chi connectivity index (χ2v) is 25.0. The minimum absolute atomic E-state index is 0.0207. The van der Waals surface area contributed by atoms with Crippen LogP contribution < -0.4 is 10.2 Å². The van der Waals surface area contributed by atoms with Gasteiger partial charge in [-0.25, -0.2) is 0 Å². The smallest absolute Gasteiger partial charge is 0.306 e. The van der Waals surface area contributed by atoms with Crippen LogP contribution in [0.15, 0.2) is 48.6 Å². The zero-order chi connectivity index (χ0) is 56.4. The van der Waals surface area contributed by atoms with Crippen LogP contribution >= 0.6 is 7.82 Å². The quantitative estimate of drug-likeness (QED) is 0.0212. The Bertz CT molecular complexity index is 1460. The zero-order valence-electron chi connectivity index (χ0n) is 51.7. The number of hydrogen-bond donors (Lipinski definition) is 1. The normalized spacial score (nSPS) is 13.9. The first-order valence-corrected chi connectivity index (χ1v) is 34.4. The molecule has 0 heterocycles. The maximum Gasteiger partial charge on any atom is 0.306 e. The van der Waals surface area contributed by atoms with Crippen LogP contribution in [0.2, 0.25) is 0 Å². The number of hydrogen-bond acceptors (Lipinski definition) is 7. The third-order valence-corrected chi connectivity index (χ3v) is 15.7. The van der Waals surface area contributed by atoms with E-state index in [2.05, 4.69) is 62.5 Å². The summed E-state index contributed by atoms with van der Waals surface area (Å²) >= 11 is 0. The van der Waals surface area contributed by atoms with Gasteiger partial charge in [0, 0.05) is 12.8 Å². The van der Waals surface area contributed by atoms with E-state index in [0.717, 1.165) is 70.6 Å². The van der Waals surface area contributed by atoms with Gasteiger partial charge in [0.05, 0.1) is 33.8 Å². The van der Waals surface area contributed by atoms with Crippen LogP contribution in [0.5, 0.6) is 0 Å². The molecule has 0 spiro atoms. The lowest BCUT2D eigenvalue weighted by Crippen LogP contribution is -2.47. The number of rotatable bonds is 60. The van der Waals surface area contributed by atoms with E-state index < -0.39 is 20.0 Å². The van der Waals surface area contributed by atoms with Crippen molar-refractivity contribution < 1.29 is 37.3 Å². The number of phosphoric acid groups is 1. The fourth-order valence-corrected chi connectivity index (χ4v) is 10.4. The molecule has 0 aromatic carbocycles. The van der Waals surface area contributed by atoms with Gasteiger partial charge in [-0.2, -0.15) is 0 Å². The van der Waals surface area contributed by atoms with E-state index in [9.17, 15) is 19.0 Å². The molecule has 1 amide bonds. The van der Waals surface area contributed by atoms with Gasteiger partial charge in [0.25, 0.3) is 7.82 Å². The zero-order valence-corrected chi connectivity index (χ0v) is 52.6. The van der Waals surface area contributed by atoms with Gasteiger partial charge in [0.15, 0.2) is 0 Å². The number of quaternary nitrogens is 1. The lowest BCUT2D eigenvalue weighted by molar-refractivity contribution is -0.870. The van der Waals surface area contributed by atoms with Crippen molar-refractivity contribution in [1.29, 1.82) is 0 Å². The molecule has 0 rings (SSSR count). The van der Waals surface area contributed by atoms with Crippen LogP contribution in [-0.2, 0) is 27.9 Å².